The van der Waals surface area contributed by atoms with Gasteiger partial charge in [-0.1, -0.05) is 12.1 Å². The molecule has 0 spiro atoms. The standard InChI is InChI=1S/C34H31F2N3O4S/c35-28-20-29(36)30(18-24(28)19-31(40)32-2-1-15-44-32)38-25-7-8-26-22(16-25)5-3-21-4-6-23(17-27(21)33(26)41)34(42)37-9-10-39-11-13-43-14-12-39/h1-2,4,6-8,15-18,20,38H,3,5,9-14,19H2,(H,37,42). The summed E-state index contributed by atoms with van der Waals surface area (Å²) in [6.07, 6.45) is 0.976. The van der Waals surface area contributed by atoms with E-state index >= 15 is 0 Å². The molecule has 7 nitrogen and oxygen atoms in total. The zero-order valence-electron chi connectivity index (χ0n) is 24.0. The molecule has 1 aliphatic heterocycles. The molecule has 226 valence electrons. The summed E-state index contributed by atoms with van der Waals surface area (Å²) in [4.78, 5) is 41.8. The first-order valence-corrected chi connectivity index (χ1v) is 15.4. The molecule has 2 N–H and O–H groups in total. The highest BCUT2D eigenvalue weighted by molar-refractivity contribution is 7.12. The second-order valence-electron chi connectivity index (χ2n) is 10.9. The second-order valence-corrected chi connectivity index (χ2v) is 11.9. The number of nitrogens with one attached hydrogen (secondary N) is 2. The third-order valence-corrected chi connectivity index (χ3v) is 8.92. The molecular weight excluding hydrogens is 584 g/mol. The topological polar surface area (TPSA) is 87.7 Å². The van der Waals surface area contributed by atoms with Crippen LogP contribution in [0, 0.1) is 11.6 Å². The lowest BCUT2D eigenvalue weighted by Crippen LogP contribution is -2.41. The van der Waals surface area contributed by atoms with Gasteiger partial charge in [0.1, 0.15) is 11.6 Å². The Morgan fingerprint density at radius 1 is 0.909 bits per heavy atom. The van der Waals surface area contributed by atoms with E-state index in [0.29, 0.717) is 59.9 Å². The number of morpholine rings is 1. The third kappa shape index (κ3) is 6.62. The summed E-state index contributed by atoms with van der Waals surface area (Å²) in [6, 6.07) is 15.9. The Labute approximate surface area is 257 Å². The number of halogens is 2. The lowest BCUT2D eigenvalue weighted by atomic mass is 9.96. The van der Waals surface area contributed by atoms with Gasteiger partial charge < -0.3 is 15.4 Å². The SMILES string of the molecule is O=C(NCCN1CCOCC1)c1ccc2c(c1)C(=O)c1ccc(Nc3cc(CC(=O)c4cccs4)c(F)cc3F)cc1CC2. The summed E-state index contributed by atoms with van der Waals surface area (Å²) in [6.45, 7) is 4.32. The van der Waals surface area contributed by atoms with Crippen molar-refractivity contribution in [1.82, 2.24) is 10.2 Å². The van der Waals surface area contributed by atoms with E-state index in [-0.39, 0.29) is 35.1 Å². The van der Waals surface area contributed by atoms with Crippen LogP contribution in [-0.4, -0.2) is 61.8 Å². The number of ether oxygens (including phenoxy) is 1. The maximum atomic E-state index is 14.8. The van der Waals surface area contributed by atoms with E-state index in [4.69, 9.17) is 4.74 Å². The quantitative estimate of drug-likeness (QED) is 0.239. The van der Waals surface area contributed by atoms with Crippen LogP contribution in [0.15, 0.2) is 66.0 Å². The van der Waals surface area contributed by atoms with Gasteiger partial charge in [0.15, 0.2) is 11.6 Å². The number of ketones is 2. The van der Waals surface area contributed by atoms with E-state index < -0.39 is 11.6 Å². The number of aryl methyl sites for hydroxylation is 2. The van der Waals surface area contributed by atoms with Crippen LogP contribution in [0.3, 0.4) is 0 Å². The minimum Gasteiger partial charge on any atom is -0.379 e. The van der Waals surface area contributed by atoms with E-state index in [9.17, 15) is 23.2 Å². The summed E-state index contributed by atoms with van der Waals surface area (Å²) in [5.41, 5.74) is 3.74. The fraction of sp³-hybridized carbons (Fsp3) is 0.265. The van der Waals surface area contributed by atoms with Gasteiger partial charge in [0.25, 0.3) is 5.91 Å². The van der Waals surface area contributed by atoms with Gasteiger partial charge in [-0.25, -0.2) is 8.78 Å². The van der Waals surface area contributed by atoms with Gasteiger partial charge in [-0.15, -0.1) is 11.3 Å². The van der Waals surface area contributed by atoms with E-state index in [2.05, 4.69) is 15.5 Å². The highest BCUT2D eigenvalue weighted by Gasteiger charge is 2.23. The predicted octanol–water partition coefficient (Wildman–Crippen LogP) is 5.59. The number of rotatable bonds is 9. The van der Waals surface area contributed by atoms with Gasteiger partial charge in [-0.3, -0.25) is 19.3 Å². The Bertz CT molecular complexity index is 1720. The molecule has 1 saturated heterocycles. The van der Waals surface area contributed by atoms with Crippen molar-refractivity contribution >= 4 is 40.2 Å². The molecule has 0 unspecified atom stereocenters. The molecule has 0 atom stereocenters. The highest BCUT2D eigenvalue weighted by Crippen LogP contribution is 2.30. The van der Waals surface area contributed by atoms with Crippen molar-refractivity contribution in [2.45, 2.75) is 19.3 Å². The molecule has 0 radical (unpaired) electrons. The van der Waals surface area contributed by atoms with Crippen molar-refractivity contribution in [2.75, 3.05) is 44.7 Å². The molecule has 0 saturated carbocycles. The molecule has 44 heavy (non-hydrogen) atoms. The van der Waals surface area contributed by atoms with Crippen molar-refractivity contribution in [1.29, 1.82) is 0 Å². The Kier molecular flexibility index (Phi) is 8.92. The van der Waals surface area contributed by atoms with E-state index in [1.807, 2.05) is 6.07 Å². The lowest BCUT2D eigenvalue weighted by molar-refractivity contribution is 0.0383. The van der Waals surface area contributed by atoms with Crippen molar-refractivity contribution in [3.63, 3.8) is 0 Å². The minimum absolute atomic E-state index is 0.0350. The Hall–Kier alpha value is -4.25. The average molecular weight is 616 g/mol. The number of nitrogens with zero attached hydrogens (tertiary/aromatic N) is 1. The first-order valence-electron chi connectivity index (χ1n) is 14.6. The van der Waals surface area contributed by atoms with Crippen LogP contribution in [0.2, 0.25) is 0 Å². The van der Waals surface area contributed by atoms with Crippen LogP contribution in [0.25, 0.3) is 0 Å². The summed E-state index contributed by atoms with van der Waals surface area (Å²) in [5, 5.41) is 7.72. The predicted molar refractivity (Wildman–Crippen MR) is 165 cm³/mol. The fourth-order valence-corrected chi connectivity index (χ4v) is 6.26. The molecular formula is C34H31F2N3O4S. The number of carbonyl (C=O) groups is 3. The van der Waals surface area contributed by atoms with Gasteiger partial charge in [0, 0.05) is 61.0 Å². The molecule has 10 heteroatoms. The van der Waals surface area contributed by atoms with Gasteiger partial charge in [-0.2, -0.15) is 0 Å². The van der Waals surface area contributed by atoms with Crippen molar-refractivity contribution in [2.24, 2.45) is 0 Å². The number of fused-ring (bicyclic) bond motifs is 2. The van der Waals surface area contributed by atoms with Crippen LogP contribution < -0.4 is 10.6 Å². The third-order valence-electron chi connectivity index (χ3n) is 8.01. The smallest absolute Gasteiger partial charge is 0.251 e. The van der Waals surface area contributed by atoms with Crippen molar-refractivity contribution in [3.05, 3.63) is 116 Å². The molecule has 2 heterocycles. The fourth-order valence-electron chi connectivity index (χ4n) is 5.59. The molecule has 1 amide bonds. The number of Topliss-reactive ketones (excluding diaryl/α,β-unsaturated/α-hetero) is 1. The molecule has 6 rings (SSSR count). The number of carbonyl (C=O) groups excluding carboxylic acids is 3. The molecule has 1 fully saturated rings. The summed E-state index contributed by atoms with van der Waals surface area (Å²) in [7, 11) is 0. The van der Waals surface area contributed by atoms with Crippen LogP contribution in [0.1, 0.15) is 52.6 Å². The number of benzene rings is 3. The largest absolute Gasteiger partial charge is 0.379 e. The van der Waals surface area contributed by atoms with Crippen molar-refractivity contribution in [3.8, 4) is 0 Å². The molecule has 3 aromatic carbocycles. The zero-order chi connectivity index (χ0) is 30.6. The van der Waals surface area contributed by atoms with Gasteiger partial charge in [0.2, 0.25) is 0 Å². The number of anilines is 2. The first-order chi connectivity index (χ1) is 21.4. The molecule has 1 aliphatic carbocycles. The first kappa shape index (κ1) is 29.8. The summed E-state index contributed by atoms with van der Waals surface area (Å²) < 4.78 is 34.7. The van der Waals surface area contributed by atoms with Crippen LogP contribution in [0.5, 0.6) is 0 Å². The maximum Gasteiger partial charge on any atom is 0.251 e. The highest BCUT2D eigenvalue weighted by atomic mass is 32.1. The van der Waals surface area contributed by atoms with E-state index in [1.165, 1.54) is 17.4 Å². The van der Waals surface area contributed by atoms with Gasteiger partial charge >= 0.3 is 0 Å². The number of amides is 1. The average Bonchev–Trinajstić information content (AvgIpc) is 3.54. The van der Waals surface area contributed by atoms with Crippen LogP contribution >= 0.6 is 11.3 Å². The van der Waals surface area contributed by atoms with Gasteiger partial charge in [0.05, 0.1) is 23.8 Å². The molecule has 1 aromatic heterocycles. The normalized spacial score (nSPS) is 14.8. The Morgan fingerprint density at radius 2 is 1.73 bits per heavy atom. The number of hydrogen-bond acceptors (Lipinski definition) is 7. The maximum absolute atomic E-state index is 14.8. The van der Waals surface area contributed by atoms with Crippen LogP contribution in [-0.2, 0) is 24.0 Å². The minimum atomic E-state index is -0.788. The summed E-state index contributed by atoms with van der Waals surface area (Å²) in [5.74, 6) is -2.22. The number of hydrogen-bond donors (Lipinski definition) is 2. The second kappa shape index (κ2) is 13.2. The van der Waals surface area contributed by atoms with E-state index in [1.54, 1.807) is 47.8 Å². The monoisotopic (exact) mass is 615 g/mol. The van der Waals surface area contributed by atoms with Gasteiger partial charge in [-0.05, 0) is 77.4 Å². The van der Waals surface area contributed by atoms with Crippen LogP contribution in [0.4, 0.5) is 20.2 Å². The molecule has 4 aromatic rings. The molecule has 2 aliphatic rings. The zero-order valence-corrected chi connectivity index (χ0v) is 24.8. The molecule has 0 bridgehead atoms. The Morgan fingerprint density at radius 3 is 2.52 bits per heavy atom. The number of thiophene rings is 1. The lowest BCUT2D eigenvalue weighted by Gasteiger charge is -2.26. The van der Waals surface area contributed by atoms with Crippen molar-refractivity contribution < 1.29 is 27.9 Å². The Balaban J connectivity index is 1.16. The van der Waals surface area contributed by atoms with E-state index in [0.717, 1.165) is 36.8 Å². The summed E-state index contributed by atoms with van der Waals surface area (Å²) >= 11 is 1.27.